The highest BCUT2D eigenvalue weighted by molar-refractivity contribution is 8.00. The number of hydrogen-bond acceptors (Lipinski definition) is 5. The Hall–Kier alpha value is -0.260. The summed E-state index contributed by atoms with van der Waals surface area (Å²) in [5.41, 5.74) is 0. The number of rotatable bonds is 19. The average Bonchev–Trinajstić information content (AvgIpc) is 2.67. The molecule has 0 aromatic carbocycles. The molecule has 162 valence electrons. The number of esters is 1. The molecule has 2 atom stereocenters. The van der Waals surface area contributed by atoms with Crippen LogP contribution in [0.15, 0.2) is 0 Å². The predicted molar refractivity (Wildman–Crippen MR) is 116 cm³/mol. The summed E-state index contributed by atoms with van der Waals surface area (Å²) in [6.45, 7) is 4.71. The average molecular weight is 405 g/mol. The summed E-state index contributed by atoms with van der Waals surface area (Å²) in [4.78, 5) is 11.1. The minimum atomic E-state index is -0.186. The van der Waals surface area contributed by atoms with E-state index in [2.05, 4.69) is 18.6 Å². The number of hydrogen-bond donors (Lipinski definition) is 2. The number of aliphatic hydroxyl groups is 2. The molecule has 0 aliphatic carbocycles. The number of unbranched alkanes of at least 4 members (excludes halogenated alkanes) is 7. The second-order valence-electron chi connectivity index (χ2n) is 7.91. The molecule has 0 aromatic rings. The Balaban J connectivity index is 4.02. The van der Waals surface area contributed by atoms with Gasteiger partial charge in [-0.3, -0.25) is 4.79 Å². The van der Waals surface area contributed by atoms with Gasteiger partial charge in [-0.25, -0.2) is 0 Å². The molecule has 4 nitrogen and oxygen atoms in total. The third kappa shape index (κ3) is 16.4. The van der Waals surface area contributed by atoms with E-state index in [9.17, 15) is 15.0 Å². The number of aliphatic hydroxyl groups excluding tert-OH is 2. The molecule has 0 aliphatic rings. The van der Waals surface area contributed by atoms with Gasteiger partial charge in [0, 0.05) is 16.9 Å². The summed E-state index contributed by atoms with van der Waals surface area (Å²) < 4.78 is 4.80. The summed E-state index contributed by atoms with van der Waals surface area (Å²) >= 11 is 1.85. The molecule has 0 aliphatic heterocycles. The van der Waals surface area contributed by atoms with Crippen molar-refractivity contribution in [1.82, 2.24) is 0 Å². The fourth-order valence-electron chi connectivity index (χ4n) is 3.39. The van der Waals surface area contributed by atoms with Crippen LogP contribution in [0, 0.1) is 0 Å². The van der Waals surface area contributed by atoms with E-state index in [1.165, 1.54) is 39.2 Å². The second kappa shape index (κ2) is 17.8. The van der Waals surface area contributed by atoms with Gasteiger partial charge in [-0.1, -0.05) is 65.2 Å². The van der Waals surface area contributed by atoms with Gasteiger partial charge < -0.3 is 14.9 Å². The Morgan fingerprint density at radius 2 is 1.67 bits per heavy atom. The minimum absolute atomic E-state index is 0.115. The lowest BCUT2D eigenvalue weighted by molar-refractivity contribution is -0.140. The van der Waals surface area contributed by atoms with Crippen LogP contribution in [0.1, 0.15) is 104 Å². The van der Waals surface area contributed by atoms with Crippen LogP contribution >= 0.6 is 11.8 Å². The number of methoxy groups -OCH3 is 1. The number of carbonyl (C=O) groups excluding carboxylic acids is 1. The first-order chi connectivity index (χ1) is 13.0. The largest absolute Gasteiger partial charge is 0.469 e. The molecule has 0 aromatic heterocycles. The lowest BCUT2D eigenvalue weighted by Crippen LogP contribution is -2.24. The van der Waals surface area contributed by atoms with Crippen molar-refractivity contribution < 1.29 is 19.7 Å². The van der Waals surface area contributed by atoms with Crippen molar-refractivity contribution in [2.45, 2.75) is 115 Å². The van der Waals surface area contributed by atoms with Crippen LogP contribution in [-0.4, -0.2) is 46.5 Å². The Kier molecular flexibility index (Phi) is 17.6. The van der Waals surface area contributed by atoms with Gasteiger partial charge in [-0.2, -0.15) is 11.8 Å². The molecule has 0 bridgehead atoms. The SMILES string of the molecule is CCCCCCC(O)CCC(C)(CCCCCCCC(=O)OC)SCCO. The first-order valence-electron chi connectivity index (χ1n) is 11.0. The predicted octanol–water partition coefficient (Wildman–Crippen LogP) is 5.49. The Bertz CT molecular complexity index is 351. The second-order valence-corrected chi connectivity index (χ2v) is 9.59. The van der Waals surface area contributed by atoms with Gasteiger partial charge in [0.25, 0.3) is 0 Å². The highest BCUT2D eigenvalue weighted by Gasteiger charge is 2.25. The molecule has 27 heavy (non-hydrogen) atoms. The van der Waals surface area contributed by atoms with Gasteiger partial charge in [0.15, 0.2) is 0 Å². The fourth-order valence-corrected chi connectivity index (χ4v) is 4.52. The van der Waals surface area contributed by atoms with Crippen molar-refractivity contribution in [2.75, 3.05) is 19.5 Å². The maximum atomic E-state index is 11.1. The van der Waals surface area contributed by atoms with Gasteiger partial charge in [0.1, 0.15) is 0 Å². The number of ether oxygens (including phenoxy) is 1. The van der Waals surface area contributed by atoms with E-state index in [1.807, 2.05) is 11.8 Å². The molecule has 0 heterocycles. The highest BCUT2D eigenvalue weighted by Crippen LogP contribution is 2.36. The van der Waals surface area contributed by atoms with Crippen LogP contribution in [0.4, 0.5) is 0 Å². The standard InChI is InChI=1S/C22H44O4S/c1-4-5-6-10-13-20(24)15-17-22(2,27-19-18-23)16-12-9-7-8-11-14-21(25)26-3/h20,23-24H,4-19H2,1-3H3. The van der Waals surface area contributed by atoms with Crippen LogP contribution in [0.2, 0.25) is 0 Å². The summed E-state index contributed by atoms with van der Waals surface area (Å²) in [6, 6.07) is 0. The molecule has 0 spiro atoms. The van der Waals surface area contributed by atoms with E-state index in [-0.39, 0.29) is 23.4 Å². The summed E-state index contributed by atoms with van der Waals surface area (Å²) in [5.74, 6) is 0.651. The summed E-state index contributed by atoms with van der Waals surface area (Å²) in [5, 5.41) is 19.5. The third-order valence-corrected chi connectivity index (χ3v) is 6.75. The van der Waals surface area contributed by atoms with E-state index >= 15 is 0 Å². The van der Waals surface area contributed by atoms with E-state index < -0.39 is 0 Å². The fraction of sp³-hybridized carbons (Fsp3) is 0.955. The van der Waals surface area contributed by atoms with E-state index in [0.29, 0.717) is 6.42 Å². The van der Waals surface area contributed by atoms with Crippen molar-refractivity contribution in [2.24, 2.45) is 0 Å². The van der Waals surface area contributed by atoms with Crippen LogP contribution in [-0.2, 0) is 9.53 Å². The first-order valence-corrected chi connectivity index (χ1v) is 12.0. The van der Waals surface area contributed by atoms with Crippen LogP contribution in [0.25, 0.3) is 0 Å². The van der Waals surface area contributed by atoms with Gasteiger partial charge in [0.2, 0.25) is 0 Å². The van der Waals surface area contributed by atoms with Gasteiger partial charge in [-0.15, -0.1) is 0 Å². The highest BCUT2D eigenvalue weighted by atomic mass is 32.2. The quantitative estimate of drug-likeness (QED) is 0.220. The summed E-state index contributed by atoms with van der Waals surface area (Å²) in [6.07, 6.45) is 14.6. The zero-order valence-corrected chi connectivity index (χ0v) is 18.8. The molecular weight excluding hydrogens is 360 g/mol. The number of thioether (sulfide) groups is 1. The third-order valence-electron chi connectivity index (χ3n) is 5.25. The zero-order valence-electron chi connectivity index (χ0n) is 18.0. The lowest BCUT2D eigenvalue weighted by atomic mass is 9.93. The van der Waals surface area contributed by atoms with Crippen molar-refractivity contribution in [1.29, 1.82) is 0 Å². The van der Waals surface area contributed by atoms with Crippen molar-refractivity contribution >= 4 is 17.7 Å². The topological polar surface area (TPSA) is 66.8 Å². The van der Waals surface area contributed by atoms with E-state index in [0.717, 1.165) is 57.1 Å². The molecule has 5 heteroatoms. The molecule has 0 rings (SSSR count). The van der Waals surface area contributed by atoms with Crippen LogP contribution in [0.5, 0.6) is 0 Å². The molecule has 0 fully saturated rings. The Morgan fingerprint density at radius 3 is 2.33 bits per heavy atom. The van der Waals surface area contributed by atoms with Gasteiger partial charge in [0.05, 0.1) is 19.8 Å². The molecule has 0 saturated heterocycles. The Labute approximate surface area is 171 Å². The normalized spacial score (nSPS) is 14.7. The molecule has 0 saturated carbocycles. The maximum Gasteiger partial charge on any atom is 0.305 e. The van der Waals surface area contributed by atoms with E-state index in [1.54, 1.807) is 0 Å². The number of carbonyl (C=O) groups is 1. The lowest BCUT2D eigenvalue weighted by Gasteiger charge is -2.30. The summed E-state index contributed by atoms with van der Waals surface area (Å²) in [7, 11) is 1.44. The molecular formula is C22H44O4S. The monoisotopic (exact) mass is 404 g/mol. The Morgan fingerprint density at radius 1 is 1.00 bits per heavy atom. The maximum absolute atomic E-state index is 11.1. The van der Waals surface area contributed by atoms with Crippen molar-refractivity contribution in [3.8, 4) is 0 Å². The molecule has 2 unspecified atom stereocenters. The van der Waals surface area contributed by atoms with Gasteiger partial charge >= 0.3 is 5.97 Å². The first kappa shape index (κ1) is 26.7. The van der Waals surface area contributed by atoms with Crippen molar-refractivity contribution in [3.63, 3.8) is 0 Å². The van der Waals surface area contributed by atoms with Crippen LogP contribution in [0.3, 0.4) is 0 Å². The molecule has 0 radical (unpaired) electrons. The molecule has 2 N–H and O–H groups in total. The smallest absolute Gasteiger partial charge is 0.305 e. The van der Waals surface area contributed by atoms with Crippen molar-refractivity contribution in [3.05, 3.63) is 0 Å². The molecule has 0 amide bonds. The van der Waals surface area contributed by atoms with E-state index in [4.69, 9.17) is 0 Å². The van der Waals surface area contributed by atoms with Gasteiger partial charge in [-0.05, 0) is 32.1 Å². The zero-order chi connectivity index (χ0) is 20.4. The van der Waals surface area contributed by atoms with Crippen LogP contribution < -0.4 is 0 Å². The minimum Gasteiger partial charge on any atom is -0.469 e.